The Balaban J connectivity index is 1.85. The van der Waals surface area contributed by atoms with Crippen molar-refractivity contribution in [2.75, 3.05) is 43.6 Å². The Kier molecular flexibility index (Phi) is 7.52. The third-order valence-electron chi connectivity index (χ3n) is 3.98. The fourth-order valence-corrected chi connectivity index (χ4v) is 3.25. The van der Waals surface area contributed by atoms with Gasteiger partial charge in [0.2, 0.25) is 0 Å². The van der Waals surface area contributed by atoms with Crippen LogP contribution >= 0.6 is 11.8 Å². The lowest BCUT2D eigenvalue weighted by Crippen LogP contribution is -2.51. The number of anilines is 1. The van der Waals surface area contributed by atoms with Gasteiger partial charge in [-0.25, -0.2) is 4.39 Å². The molecule has 1 heterocycles. The van der Waals surface area contributed by atoms with E-state index in [9.17, 15) is 4.39 Å². The standard InChI is InChI=1S/C17H27FN4S/c1-19-17(20-9-5-11-23-2)21-15-7-4-10-22(13-15)16-8-3-6-14(18)12-16/h3,6,8,12,15H,4-5,7,9-11,13H2,1-2H3,(H2,19,20,21). The van der Waals surface area contributed by atoms with Crippen LogP contribution in [0.2, 0.25) is 0 Å². The lowest BCUT2D eigenvalue weighted by molar-refractivity contribution is 0.467. The van der Waals surface area contributed by atoms with Crippen molar-refractivity contribution in [1.82, 2.24) is 10.6 Å². The number of aliphatic imine (C=N–C) groups is 1. The van der Waals surface area contributed by atoms with E-state index < -0.39 is 0 Å². The molecule has 1 aromatic rings. The molecule has 128 valence electrons. The van der Waals surface area contributed by atoms with Crippen LogP contribution in [0.25, 0.3) is 0 Å². The second-order valence-corrected chi connectivity index (χ2v) is 6.74. The quantitative estimate of drug-likeness (QED) is 0.475. The molecule has 1 aromatic carbocycles. The smallest absolute Gasteiger partial charge is 0.191 e. The van der Waals surface area contributed by atoms with E-state index in [0.717, 1.165) is 56.3 Å². The first-order valence-electron chi connectivity index (χ1n) is 8.19. The molecular formula is C17H27FN4S. The number of guanidine groups is 1. The van der Waals surface area contributed by atoms with Crippen LogP contribution in [0.1, 0.15) is 19.3 Å². The van der Waals surface area contributed by atoms with E-state index >= 15 is 0 Å². The van der Waals surface area contributed by atoms with Crippen molar-refractivity contribution in [3.8, 4) is 0 Å². The van der Waals surface area contributed by atoms with E-state index in [1.807, 2.05) is 17.8 Å². The number of nitrogens with one attached hydrogen (secondary N) is 2. The maximum absolute atomic E-state index is 13.4. The number of thioether (sulfide) groups is 1. The molecule has 4 nitrogen and oxygen atoms in total. The Morgan fingerprint density at radius 3 is 3.09 bits per heavy atom. The third kappa shape index (κ3) is 5.94. The zero-order valence-corrected chi connectivity index (χ0v) is 14.8. The van der Waals surface area contributed by atoms with Gasteiger partial charge in [-0.15, -0.1) is 0 Å². The zero-order valence-electron chi connectivity index (χ0n) is 14.0. The van der Waals surface area contributed by atoms with Crippen molar-refractivity contribution in [3.05, 3.63) is 30.1 Å². The molecule has 1 aliphatic rings. The van der Waals surface area contributed by atoms with Crippen molar-refractivity contribution in [2.24, 2.45) is 4.99 Å². The summed E-state index contributed by atoms with van der Waals surface area (Å²) < 4.78 is 13.4. The molecule has 0 bridgehead atoms. The van der Waals surface area contributed by atoms with Gasteiger partial charge in [-0.05, 0) is 49.5 Å². The summed E-state index contributed by atoms with van der Waals surface area (Å²) >= 11 is 1.86. The minimum absolute atomic E-state index is 0.177. The number of nitrogens with zero attached hydrogens (tertiary/aromatic N) is 2. The summed E-state index contributed by atoms with van der Waals surface area (Å²) in [5, 5.41) is 6.86. The summed E-state index contributed by atoms with van der Waals surface area (Å²) in [5.41, 5.74) is 0.958. The van der Waals surface area contributed by atoms with Gasteiger partial charge in [0.15, 0.2) is 5.96 Å². The Labute approximate surface area is 142 Å². The molecule has 2 N–H and O–H groups in total. The molecule has 1 aliphatic heterocycles. The van der Waals surface area contributed by atoms with Crippen LogP contribution in [0.15, 0.2) is 29.3 Å². The number of piperidine rings is 1. The van der Waals surface area contributed by atoms with Gasteiger partial charge in [-0.3, -0.25) is 4.99 Å². The Hall–Kier alpha value is -1.43. The highest BCUT2D eigenvalue weighted by Crippen LogP contribution is 2.20. The van der Waals surface area contributed by atoms with Crippen LogP contribution < -0.4 is 15.5 Å². The summed E-state index contributed by atoms with van der Waals surface area (Å²) in [7, 11) is 1.80. The molecule has 23 heavy (non-hydrogen) atoms. The predicted octanol–water partition coefficient (Wildman–Crippen LogP) is 2.71. The number of rotatable bonds is 6. The van der Waals surface area contributed by atoms with Gasteiger partial charge in [0.1, 0.15) is 5.82 Å². The second kappa shape index (κ2) is 9.65. The van der Waals surface area contributed by atoms with Gasteiger partial charge < -0.3 is 15.5 Å². The highest BCUT2D eigenvalue weighted by Gasteiger charge is 2.21. The molecule has 1 saturated heterocycles. The Morgan fingerprint density at radius 1 is 1.48 bits per heavy atom. The van der Waals surface area contributed by atoms with Gasteiger partial charge in [0.05, 0.1) is 0 Å². The van der Waals surface area contributed by atoms with E-state index in [-0.39, 0.29) is 5.82 Å². The zero-order chi connectivity index (χ0) is 16.5. The first kappa shape index (κ1) is 17.9. The SMILES string of the molecule is CN=C(NCCCSC)NC1CCCN(c2cccc(F)c2)C1. The fraction of sp³-hybridized carbons (Fsp3) is 0.588. The van der Waals surface area contributed by atoms with Crippen molar-refractivity contribution in [1.29, 1.82) is 0 Å². The maximum atomic E-state index is 13.4. The predicted molar refractivity (Wildman–Crippen MR) is 99.1 cm³/mol. The normalized spacial score (nSPS) is 18.8. The number of halogens is 1. The monoisotopic (exact) mass is 338 g/mol. The summed E-state index contributed by atoms with van der Waals surface area (Å²) in [6.45, 7) is 2.77. The summed E-state index contributed by atoms with van der Waals surface area (Å²) in [4.78, 5) is 6.54. The summed E-state index contributed by atoms with van der Waals surface area (Å²) in [6, 6.07) is 7.18. The van der Waals surface area contributed by atoms with Crippen LogP contribution in [0.5, 0.6) is 0 Å². The van der Waals surface area contributed by atoms with Crippen molar-refractivity contribution in [2.45, 2.75) is 25.3 Å². The van der Waals surface area contributed by atoms with Crippen LogP contribution in [0.3, 0.4) is 0 Å². The van der Waals surface area contributed by atoms with Gasteiger partial charge in [0.25, 0.3) is 0 Å². The van der Waals surface area contributed by atoms with Crippen molar-refractivity contribution < 1.29 is 4.39 Å². The van der Waals surface area contributed by atoms with E-state index in [0.29, 0.717) is 6.04 Å². The van der Waals surface area contributed by atoms with Crippen LogP contribution in [-0.2, 0) is 0 Å². The molecule has 1 fully saturated rings. The molecule has 2 rings (SSSR count). The molecule has 1 atom stereocenters. The van der Waals surface area contributed by atoms with Crippen molar-refractivity contribution >= 4 is 23.4 Å². The van der Waals surface area contributed by atoms with Gasteiger partial charge >= 0.3 is 0 Å². The number of hydrogen-bond acceptors (Lipinski definition) is 3. The highest BCUT2D eigenvalue weighted by atomic mass is 32.2. The fourth-order valence-electron chi connectivity index (χ4n) is 2.81. The molecule has 0 spiro atoms. The average Bonchev–Trinajstić information content (AvgIpc) is 2.58. The maximum Gasteiger partial charge on any atom is 0.191 e. The molecule has 0 amide bonds. The number of hydrogen-bond donors (Lipinski definition) is 2. The minimum Gasteiger partial charge on any atom is -0.369 e. The molecular weight excluding hydrogens is 311 g/mol. The molecule has 0 aliphatic carbocycles. The second-order valence-electron chi connectivity index (χ2n) is 5.75. The highest BCUT2D eigenvalue weighted by molar-refractivity contribution is 7.98. The topological polar surface area (TPSA) is 39.7 Å². The van der Waals surface area contributed by atoms with Crippen LogP contribution in [-0.4, -0.2) is 50.7 Å². The number of benzene rings is 1. The summed E-state index contributed by atoms with van der Waals surface area (Å²) in [5.74, 6) is 1.84. The lowest BCUT2D eigenvalue weighted by Gasteiger charge is -2.35. The Bertz CT molecular complexity index is 509. The molecule has 1 unspecified atom stereocenters. The van der Waals surface area contributed by atoms with Gasteiger partial charge in [-0.2, -0.15) is 11.8 Å². The largest absolute Gasteiger partial charge is 0.369 e. The third-order valence-corrected chi connectivity index (χ3v) is 4.67. The van der Waals surface area contributed by atoms with E-state index in [4.69, 9.17) is 0 Å². The van der Waals surface area contributed by atoms with Gasteiger partial charge in [-0.1, -0.05) is 6.07 Å². The molecule has 0 saturated carbocycles. The first-order valence-corrected chi connectivity index (χ1v) is 9.59. The average molecular weight is 338 g/mol. The lowest BCUT2D eigenvalue weighted by atomic mass is 10.0. The summed E-state index contributed by atoms with van der Waals surface area (Å²) in [6.07, 6.45) is 5.45. The van der Waals surface area contributed by atoms with E-state index in [1.54, 1.807) is 19.2 Å². The van der Waals surface area contributed by atoms with Crippen molar-refractivity contribution in [3.63, 3.8) is 0 Å². The van der Waals surface area contributed by atoms with E-state index in [1.165, 1.54) is 6.07 Å². The minimum atomic E-state index is -0.177. The molecule has 0 aromatic heterocycles. The molecule has 0 radical (unpaired) electrons. The molecule has 6 heteroatoms. The van der Waals surface area contributed by atoms with Crippen LogP contribution in [0.4, 0.5) is 10.1 Å². The van der Waals surface area contributed by atoms with Crippen LogP contribution in [0, 0.1) is 5.82 Å². The van der Waals surface area contributed by atoms with Gasteiger partial charge in [0, 0.05) is 38.4 Å². The van der Waals surface area contributed by atoms with E-state index in [2.05, 4.69) is 26.8 Å². The first-order chi connectivity index (χ1) is 11.2. The Morgan fingerprint density at radius 2 is 2.35 bits per heavy atom.